The van der Waals surface area contributed by atoms with Crippen molar-refractivity contribution in [2.75, 3.05) is 20.7 Å². The third kappa shape index (κ3) is 6.29. The molecule has 1 rings (SSSR count). The SMILES string of the molecule is COc1ccc(CCC(=O)N(C)CC(=O)NC(C)C)cc1. The lowest BCUT2D eigenvalue weighted by Gasteiger charge is -2.18. The van der Waals surface area contributed by atoms with Gasteiger partial charge in [-0.3, -0.25) is 9.59 Å². The van der Waals surface area contributed by atoms with E-state index in [0.717, 1.165) is 11.3 Å². The minimum Gasteiger partial charge on any atom is -0.497 e. The first-order valence-corrected chi connectivity index (χ1v) is 7.08. The largest absolute Gasteiger partial charge is 0.497 e. The number of benzene rings is 1. The van der Waals surface area contributed by atoms with Gasteiger partial charge in [0.1, 0.15) is 5.75 Å². The van der Waals surface area contributed by atoms with Gasteiger partial charge < -0.3 is 15.0 Å². The van der Waals surface area contributed by atoms with E-state index in [1.807, 2.05) is 38.1 Å². The van der Waals surface area contributed by atoms with E-state index in [-0.39, 0.29) is 24.4 Å². The van der Waals surface area contributed by atoms with Crippen molar-refractivity contribution >= 4 is 11.8 Å². The molecule has 0 unspecified atom stereocenters. The van der Waals surface area contributed by atoms with Gasteiger partial charge in [0, 0.05) is 19.5 Å². The number of likely N-dealkylation sites (N-methyl/N-ethyl adjacent to an activating group) is 1. The van der Waals surface area contributed by atoms with Crippen molar-refractivity contribution in [2.24, 2.45) is 0 Å². The molecule has 1 aromatic carbocycles. The van der Waals surface area contributed by atoms with E-state index >= 15 is 0 Å². The Hall–Kier alpha value is -2.04. The summed E-state index contributed by atoms with van der Waals surface area (Å²) in [5, 5.41) is 2.77. The second-order valence-electron chi connectivity index (χ2n) is 5.32. The maximum atomic E-state index is 12.0. The lowest BCUT2D eigenvalue weighted by molar-refractivity contribution is -0.134. The van der Waals surface area contributed by atoms with Crippen LogP contribution in [0, 0.1) is 0 Å². The van der Waals surface area contributed by atoms with Crippen LogP contribution in [0.1, 0.15) is 25.8 Å². The van der Waals surface area contributed by atoms with Gasteiger partial charge in [-0.15, -0.1) is 0 Å². The highest BCUT2D eigenvalue weighted by atomic mass is 16.5. The molecule has 0 aromatic heterocycles. The van der Waals surface area contributed by atoms with E-state index in [2.05, 4.69) is 5.32 Å². The Labute approximate surface area is 126 Å². The maximum absolute atomic E-state index is 12.0. The Bertz CT molecular complexity index is 469. The number of nitrogens with zero attached hydrogens (tertiary/aromatic N) is 1. The summed E-state index contributed by atoms with van der Waals surface area (Å²) in [6, 6.07) is 7.72. The number of amides is 2. The summed E-state index contributed by atoms with van der Waals surface area (Å²) in [6.45, 7) is 3.88. The van der Waals surface area contributed by atoms with Crippen molar-refractivity contribution in [3.8, 4) is 5.75 Å². The number of hydrogen-bond donors (Lipinski definition) is 1. The van der Waals surface area contributed by atoms with Gasteiger partial charge in [-0.05, 0) is 38.0 Å². The second kappa shape index (κ2) is 8.29. The summed E-state index contributed by atoms with van der Waals surface area (Å²) in [5.41, 5.74) is 1.07. The predicted octanol–water partition coefficient (Wildman–Crippen LogP) is 1.61. The molecule has 116 valence electrons. The van der Waals surface area contributed by atoms with Gasteiger partial charge in [-0.2, -0.15) is 0 Å². The van der Waals surface area contributed by atoms with E-state index in [4.69, 9.17) is 4.74 Å². The van der Waals surface area contributed by atoms with E-state index in [1.54, 1.807) is 14.2 Å². The Kier molecular flexibility index (Phi) is 6.72. The normalized spacial score (nSPS) is 10.3. The number of methoxy groups -OCH3 is 1. The molecule has 0 bridgehead atoms. The van der Waals surface area contributed by atoms with Crippen molar-refractivity contribution < 1.29 is 14.3 Å². The summed E-state index contributed by atoms with van der Waals surface area (Å²) in [6.07, 6.45) is 1.04. The minimum absolute atomic E-state index is 0.0373. The average Bonchev–Trinajstić information content (AvgIpc) is 2.44. The third-order valence-electron chi connectivity index (χ3n) is 3.04. The lowest BCUT2D eigenvalue weighted by Crippen LogP contribution is -2.40. The fourth-order valence-corrected chi connectivity index (χ4v) is 1.91. The van der Waals surface area contributed by atoms with Crippen LogP contribution in [-0.2, 0) is 16.0 Å². The first-order chi connectivity index (χ1) is 9.92. The molecule has 0 saturated heterocycles. The Balaban J connectivity index is 2.39. The molecular formula is C16H24N2O3. The number of hydrogen-bond acceptors (Lipinski definition) is 3. The standard InChI is InChI=1S/C16H24N2O3/c1-12(2)17-15(19)11-18(3)16(20)10-7-13-5-8-14(21-4)9-6-13/h5-6,8-9,12H,7,10-11H2,1-4H3,(H,17,19). The molecule has 0 saturated carbocycles. The topological polar surface area (TPSA) is 58.6 Å². The van der Waals surface area contributed by atoms with Crippen LogP contribution in [-0.4, -0.2) is 43.5 Å². The maximum Gasteiger partial charge on any atom is 0.239 e. The zero-order valence-corrected chi connectivity index (χ0v) is 13.2. The van der Waals surface area contributed by atoms with Gasteiger partial charge in [0.15, 0.2) is 0 Å². The van der Waals surface area contributed by atoms with Crippen LogP contribution in [0.15, 0.2) is 24.3 Å². The van der Waals surface area contributed by atoms with Crippen LogP contribution < -0.4 is 10.1 Å². The van der Waals surface area contributed by atoms with Crippen molar-refractivity contribution in [2.45, 2.75) is 32.7 Å². The molecule has 0 radical (unpaired) electrons. The van der Waals surface area contributed by atoms with Crippen molar-refractivity contribution in [1.29, 1.82) is 0 Å². The van der Waals surface area contributed by atoms with E-state index < -0.39 is 0 Å². The first-order valence-electron chi connectivity index (χ1n) is 7.08. The monoisotopic (exact) mass is 292 g/mol. The Morgan fingerprint density at radius 2 is 1.86 bits per heavy atom. The number of aryl methyl sites for hydroxylation is 1. The van der Waals surface area contributed by atoms with Gasteiger partial charge in [0.05, 0.1) is 13.7 Å². The number of rotatable bonds is 7. The number of nitrogens with one attached hydrogen (secondary N) is 1. The van der Waals surface area contributed by atoms with Gasteiger partial charge >= 0.3 is 0 Å². The van der Waals surface area contributed by atoms with Crippen LogP contribution in [0.5, 0.6) is 5.75 Å². The number of carbonyl (C=O) groups excluding carboxylic acids is 2. The van der Waals surface area contributed by atoms with E-state index in [9.17, 15) is 9.59 Å². The van der Waals surface area contributed by atoms with Gasteiger partial charge in [-0.1, -0.05) is 12.1 Å². The van der Waals surface area contributed by atoms with Crippen LogP contribution in [0.2, 0.25) is 0 Å². The minimum atomic E-state index is -0.134. The lowest BCUT2D eigenvalue weighted by atomic mass is 10.1. The van der Waals surface area contributed by atoms with Crippen molar-refractivity contribution in [1.82, 2.24) is 10.2 Å². The van der Waals surface area contributed by atoms with Crippen LogP contribution in [0.4, 0.5) is 0 Å². The Morgan fingerprint density at radius 1 is 1.24 bits per heavy atom. The molecule has 21 heavy (non-hydrogen) atoms. The van der Waals surface area contributed by atoms with E-state index in [1.165, 1.54) is 4.90 Å². The smallest absolute Gasteiger partial charge is 0.239 e. The van der Waals surface area contributed by atoms with Crippen LogP contribution in [0.3, 0.4) is 0 Å². The zero-order chi connectivity index (χ0) is 15.8. The molecule has 0 aliphatic heterocycles. The molecule has 0 heterocycles. The second-order valence-corrected chi connectivity index (χ2v) is 5.32. The number of ether oxygens (including phenoxy) is 1. The third-order valence-corrected chi connectivity index (χ3v) is 3.04. The van der Waals surface area contributed by atoms with Crippen molar-refractivity contribution in [3.63, 3.8) is 0 Å². The number of carbonyl (C=O) groups is 2. The summed E-state index contributed by atoms with van der Waals surface area (Å²) in [4.78, 5) is 25.0. The predicted molar refractivity (Wildman–Crippen MR) is 82.2 cm³/mol. The molecule has 0 aliphatic carbocycles. The Morgan fingerprint density at radius 3 is 2.38 bits per heavy atom. The highest BCUT2D eigenvalue weighted by Crippen LogP contribution is 2.12. The molecule has 0 aliphatic rings. The van der Waals surface area contributed by atoms with Gasteiger partial charge in [-0.25, -0.2) is 0 Å². The highest BCUT2D eigenvalue weighted by molar-refractivity contribution is 5.84. The molecule has 0 atom stereocenters. The highest BCUT2D eigenvalue weighted by Gasteiger charge is 2.13. The zero-order valence-electron chi connectivity index (χ0n) is 13.2. The first kappa shape index (κ1) is 17.0. The van der Waals surface area contributed by atoms with Crippen molar-refractivity contribution in [3.05, 3.63) is 29.8 Å². The molecule has 2 amide bonds. The summed E-state index contributed by atoms with van der Waals surface area (Å²) in [5.74, 6) is 0.627. The molecule has 5 nitrogen and oxygen atoms in total. The molecule has 1 N–H and O–H groups in total. The fourth-order valence-electron chi connectivity index (χ4n) is 1.91. The van der Waals surface area contributed by atoms with Crippen LogP contribution in [0.25, 0.3) is 0 Å². The van der Waals surface area contributed by atoms with E-state index in [0.29, 0.717) is 12.8 Å². The van der Waals surface area contributed by atoms with Gasteiger partial charge in [0.2, 0.25) is 11.8 Å². The summed E-state index contributed by atoms with van der Waals surface area (Å²) < 4.78 is 5.09. The molecule has 5 heteroatoms. The van der Waals surface area contributed by atoms with Gasteiger partial charge in [0.25, 0.3) is 0 Å². The molecular weight excluding hydrogens is 268 g/mol. The molecule has 0 spiro atoms. The molecule has 0 fully saturated rings. The van der Waals surface area contributed by atoms with Crippen LogP contribution >= 0.6 is 0 Å². The summed E-state index contributed by atoms with van der Waals surface area (Å²) >= 11 is 0. The molecule has 1 aromatic rings. The summed E-state index contributed by atoms with van der Waals surface area (Å²) in [7, 11) is 3.27. The fraction of sp³-hybridized carbons (Fsp3) is 0.500. The average molecular weight is 292 g/mol. The quantitative estimate of drug-likeness (QED) is 0.830.